The number of hydrogen-bond donors (Lipinski definition) is 2. The van der Waals surface area contributed by atoms with Gasteiger partial charge >= 0.3 is 0 Å². The molecule has 1 rings (SSSR count). The van der Waals surface area contributed by atoms with Crippen molar-refractivity contribution < 1.29 is 10.2 Å². The van der Waals surface area contributed by atoms with Gasteiger partial charge in [-0.25, -0.2) is 0 Å². The number of hydrogen-bond acceptors (Lipinski definition) is 4. The van der Waals surface area contributed by atoms with Gasteiger partial charge in [0.25, 0.3) is 0 Å². The SMILES string of the molecule is CCC(C)(O)c1ccc(C(C)(C)O)nn1. The number of aromatic nitrogens is 2. The van der Waals surface area contributed by atoms with Crippen molar-refractivity contribution in [2.24, 2.45) is 0 Å². The topological polar surface area (TPSA) is 66.2 Å². The van der Waals surface area contributed by atoms with E-state index in [2.05, 4.69) is 10.2 Å². The smallest absolute Gasteiger partial charge is 0.105 e. The molecule has 1 unspecified atom stereocenters. The minimum absolute atomic E-state index is 0.498. The molecule has 0 bridgehead atoms. The molecule has 0 amide bonds. The summed E-state index contributed by atoms with van der Waals surface area (Å²) in [6.45, 7) is 6.87. The third-order valence-electron chi connectivity index (χ3n) is 2.53. The average Bonchev–Trinajstić information content (AvgIpc) is 2.17. The maximum absolute atomic E-state index is 9.92. The average molecular weight is 210 g/mol. The van der Waals surface area contributed by atoms with E-state index in [1.807, 2.05) is 6.92 Å². The van der Waals surface area contributed by atoms with Gasteiger partial charge in [0.05, 0.1) is 11.4 Å². The second kappa shape index (κ2) is 3.87. The van der Waals surface area contributed by atoms with Crippen LogP contribution in [0.25, 0.3) is 0 Å². The van der Waals surface area contributed by atoms with E-state index >= 15 is 0 Å². The molecule has 0 radical (unpaired) electrons. The molecule has 0 saturated heterocycles. The van der Waals surface area contributed by atoms with Crippen molar-refractivity contribution in [3.8, 4) is 0 Å². The van der Waals surface area contributed by atoms with Crippen molar-refractivity contribution in [3.63, 3.8) is 0 Å². The van der Waals surface area contributed by atoms with Crippen LogP contribution in [0.4, 0.5) is 0 Å². The molecule has 0 saturated carbocycles. The fraction of sp³-hybridized carbons (Fsp3) is 0.636. The van der Waals surface area contributed by atoms with E-state index in [1.165, 1.54) is 0 Å². The van der Waals surface area contributed by atoms with E-state index in [0.29, 0.717) is 17.8 Å². The minimum Gasteiger partial charge on any atom is -0.384 e. The Morgan fingerprint density at radius 2 is 1.53 bits per heavy atom. The zero-order chi connectivity index (χ0) is 11.7. The zero-order valence-electron chi connectivity index (χ0n) is 9.65. The predicted octanol–water partition coefficient (Wildman–Crippen LogP) is 1.32. The first kappa shape index (κ1) is 12.1. The standard InChI is InChI=1S/C11H18N2O2/c1-5-11(4,15)9-7-6-8(12-13-9)10(2,3)14/h6-7,14-15H,5H2,1-4H3. The minimum atomic E-state index is -0.996. The number of rotatable bonds is 3. The van der Waals surface area contributed by atoms with Gasteiger partial charge in [-0.3, -0.25) is 0 Å². The summed E-state index contributed by atoms with van der Waals surface area (Å²) in [6, 6.07) is 3.39. The lowest BCUT2D eigenvalue weighted by atomic mass is 9.98. The number of aliphatic hydroxyl groups is 2. The van der Waals surface area contributed by atoms with Crippen molar-refractivity contribution in [1.29, 1.82) is 0 Å². The Kier molecular flexibility index (Phi) is 3.11. The van der Waals surface area contributed by atoms with Crippen LogP contribution in [-0.4, -0.2) is 20.4 Å². The Balaban J connectivity index is 3.01. The lowest BCUT2D eigenvalue weighted by Crippen LogP contribution is -2.24. The van der Waals surface area contributed by atoms with Crippen LogP contribution in [0.5, 0.6) is 0 Å². The van der Waals surface area contributed by atoms with Gasteiger partial charge in [0, 0.05) is 0 Å². The van der Waals surface area contributed by atoms with Crippen molar-refractivity contribution in [2.45, 2.75) is 45.3 Å². The molecule has 0 aliphatic rings. The van der Waals surface area contributed by atoms with Gasteiger partial charge in [-0.15, -0.1) is 0 Å². The normalized spacial score (nSPS) is 16.1. The van der Waals surface area contributed by atoms with Crippen molar-refractivity contribution in [2.75, 3.05) is 0 Å². The molecular formula is C11H18N2O2. The van der Waals surface area contributed by atoms with Crippen LogP contribution in [0.3, 0.4) is 0 Å². The van der Waals surface area contributed by atoms with Gasteiger partial charge in [-0.2, -0.15) is 10.2 Å². The van der Waals surface area contributed by atoms with E-state index in [1.54, 1.807) is 32.9 Å². The van der Waals surface area contributed by atoms with Gasteiger partial charge < -0.3 is 10.2 Å². The van der Waals surface area contributed by atoms with E-state index in [-0.39, 0.29) is 0 Å². The summed E-state index contributed by atoms with van der Waals surface area (Å²) < 4.78 is 0. The molecule has 0 aliphatic carbocycles. The van der Waals surface area contributed by atoms with Gasteiger partial charge in [0.15, 0.2) is 0 Å². The van der Waals surface area contributed by atoms with Crippen molar-refractivity contribution in [3.05, 3.63) is 23.5 Å². The lowest BCUT2D eigenvalue weighted by molar-refractivity contribution is 0.0455. The zero-order valence-corrected chi connectivity index (χ0v) is 9.65. The second-order valence-electron chi connectivity index (χ2n) is 4.49. The Morgan fingerprint density at radius 3 is 1.87 bits per heavy atom. The highest BCUT2D eigenvalue weighted by atomic mass is 16.3. The molecule has 4 heteroatoms. The molecule has 1 aromatic rings. The Morgan fingerprint density at radius 1 is 1.07 bits per heavy atom. The maximum Gasteiger partial charge on any atom is 0.105 e. The van der Waals surface area contributed by atoms with Crippen LogP contribution in [0.1, 0.15) is 45.5 Å². The molecular weight excluding hydrogens is 192 g/mol. The summed E-state index contributed by atoms with van der Waals surface area (Å²) in [6.07, 6.45) is 0.573. The maximum atomic E-state index is 9.92. The third-order valence-corrected chi connectivity index (χ3v) is 2.53. The molecule has 0 aromatic carbocycles. The van der Waals surface area contributed by atoms with Crippen LogP contribution < -0.4 is 0 Å². The highest BCUT2D eigenvalue weighted by molar-refractivity contribution is 5.15. The van der Waals surface area contributed by atoms with Crippen LogP contribution >= 0.6 is 0 Å². The highest BCUT2D eigenvalue weighted by Crippen LogP contribution is 2.23. The predicted molar refractivity (Wildman–Crippen MR) is 57.1 cm³/mol. The van der Waals surface area contributed by atoms with Gasteiger partial charge in [0.1, 0.15) is 11.2 Å². The Bertz CT molecular complexity index is 325. The molecule has 84 valence electrons. The summed E-state index contributed by atoms with van der Waals surface area (Å²) in [5.74, 6) is 0. The quantitative estimate of drug-likeness (QED) is 0.789. The van der Waals surface area contributed by atoms with Crippen LogP contribution in [0.15, 0.2) is 12.1 Å². The van der Waals surface area contributed by atoms with E-state index < -0.39 is 11.2 Å². The van der Waals surface area contributed by atoms with Crippen LogP contribution in [0, 0.1) is 0 Å². The third kappa shape index (κ3) is 2.73. The molecule has 4 nitrogen and oxygen atoms in total. The first-order valence-corrected chi connectivity index (χ1v) is 5.07. The van der Waals surface area contributed by atoms with E-state index in [9.17, 15) is 10.2 Å². The summed E-state index contributed by atoms with van der Waals surface area (Å²) in [7, 11) is 0. The van der Waals surface area contributed by atoms with Gasteiger partial charge in [-0.1, -0.05) is 6.92 Å². The molecule has 1 aromatic heterocycles. The summed E-state index contributed by atoms with van der Waals surface area (Å²) in [5.41, 5.74) is -0.925. The first-order valence-electron chi connectivity index (χ1n) is 5.07. The number of nitrogens with zero attached hydrogens (tertiary/aromatic N) is 2. The van der Waals surface area contributed by atoms with Crippen molar-refractivity contribution in [1.82, 2.24) is 10.2 Å². The Labute approximate surface area is 90.0 Å². The molecule has 2 N–H and O–H groups in total. The molecule has 15 heavy (non-hydrogen) atoms. The lowest BCUT2D eigenvalue weighted by Gasteiger charge is -2.21. The molecule has 0 spiro atoms. The second-order valence-corrected chi connectivity index (χ2v) is 4.49. The molecule has 1 atom stereocenters. The van der Waals surface area contributed by atoms with Crippen LogP contribution in [-0.2, 0) is 11.2 Å². The fourth-order valence-electron chi connectivity index (χ4n) is 1.13. The fourth-order valence-corrected chi connectivity index (χ4v) is 1.13. The monoisotopic (exact) mass is 210 g/mol. The molecule has 0 fully saturated rings. The van der Waals surface area contributed by atoms with Crippen LogP contribution in [0.2, 0.25) is 0 Å². The molecule has 0 aliphatic heterocycles. The summed E-state index contributed by atoms with van der Waals surface area (Å²) in [4.78, 5) is 0. The summed E-state index contributed by atoms with van der Waals surface area (Å²) >= 11 is 0. The van der Waals surface area contributed by atoms with Gasteiger partial charge in [0.2, 0.25) is 0 Å². The largest absolute Gasteiger partial charge is 0.384 e. The molecule has 1 heterocycles. The highest BCUT2D eigenvalue weighted by Gasteiger charge is 2.24. The van der Waals surface area contributed by atoms with E-state index in [0.717, 1.165) is 0 Å². The van der Waals surface area contributed by atoms with Gasteiger partial charge in [-0.05, 0) is 39.3 Å². The van der Waals surface area contributed by atoms with Crippen molar-refractivity contribution >= 4 is 0 Å². The summed E-state index contributed by atoms with van der Waals surface area (Å²) in [5, 5.41) is 27.4. The Hall–Kier alpha value is -1.00. The first-order chi connectivity index (χ1) is 6.77. The van der Waals surface area contributed by atoms with E-state index in [4.69, 9.17) is 0 Å².